The molecule has 1 rings (SSSR count). The molecule has 0 aromatic heterocycles. The van der Waals surface area contributed by atoms with E-state index >= 15 is 0 Å². The summed E-state index contributed by atoms with van der Waals surface area (Å²) in [5.41, 5.74) is -1.17. The zero-order chi connectivity index (χ0) is 17.0. The Balaban J connectivity index is 2.90. The first-order valence-corrected chi connectivity index (χ1v) is 8.56. The zero-order valence-corrected chi connectivity index (χ0v) is 13.8. The van der Waals surface area contributed by atoms with Crippen LogP contribution in [0.1, 0.15) is 19.4 Å². The SMILES string of the molecule is CCN(CC)CCNS(=O)(=O)c1ccc(Cl)c(C(F)(F)F)c1. The second kappa shape index (κ2) is 7.63. The van der Waals surface area contributed by atoms with Crippen molar-refractivity contribution in [3.05, 3.63) is 28.8 Å². The van der Waals surface area contributed by atoms with E-state index in [1.54, 1.807) is 0 Å². The molecule has 22 heavy (non-hydrogen) atoms. The molecule has 0 spiro atoms. The summed E-state index contributed by atoms with van der Waals surface area (Å²) in [7, 11) is -4.01. The van der Waals surface area contributed by atoms with Crippen molar-refractivity contribution in [1.29, 1.82) is 0 Å². The van der Waals surface area contributed by atoms with E-state index in [2.05, 4.69) is 4.72 Å². The molecule has 0 aliphatic carbocycles. The summed E-state index contributed by atoms with van der Waals surface area (Å²) in [4.78, 5) is 1.54. The molecule has 0 aliphatic rings. The van der Waals surface area contributed by atoms with E-state index < -0.39 is 31.7 Å². The number of nitrogens with one attached hydrogen (secondary N) is 1. The minimum Gasteiger partial charge on any atom is -0.303 e. The van der Waals surface area contributed by atoms with E-state index in [4.69, 9.17) is 11.6 Å². The van der Waals surface area contributed by atoms with Crippen LogP contribution in [0.15, 0.2) is 23.1 Å². The molecule has 0 amide bonds. The lowest BCUT2D eigenvalue weighted by atomic mass is 10.2. The third-order valence-corrected chi connectivity index (χ3v) is 4.96. The van der Waals surface area contributed by atoms with E-state index in [1.165, 1.54) is 0 Å². The van der Waals surface area contributed by atoms with Gasteiger partial charge in [-0.05, 0) is 31.3 Å². The fraction of sp³-hybridized carbons (Fsp3) is 0.538. The van der Waals surface area contributed by atoms with E-state index in [0.717, 1.165) is 25.2 Å². The fourth-order valence-electron chi connectivity index (χ4n) is 1.85. The standard InChI is InChI=1S/C13H18ClF3N2O2S/c1-3-19(4-2)8-7-18-22(20,21)10-5-6-12(14)11(9-10)13(15,16)17/h5-6,9,18H,3-4,7-8H2,1-2H3. The molecular weight excluding hydrogens is 341 g/mol. The lowest BCUT2D eigenvalue weighted by Gasteiger charge is -2.18. The highest BCUT2D eigenvalue weighted by Gasteiger charge is 2.34. The van der Waals surface area contributed by atoms with Crippen molar-refractivity contribution >= 4 is 21.6 Å². The van der Waals surface area contributed by atoms with Gasteiger partial charge in [-0.25, -0.2) is 13.1 Å². The Morgan fingerprint density at radius 3 is 2.32 bits per heavy atom. The van der Waals surface area contributed by atoms with Crippen molar-refractivity contribution < 1.29 is 21.6 Å². The van der Waals surface area contributed by atoms with E-state index in [1.807, 2.05) is 18.7 Å². The molecule has 0 saturated heterocycles. The van der Waals surface area contributed by atoms with E-state index in [0.29, 0.717) is 12.6 Å². The van der Waals surface area contributed by atoms with Gasteiger partial charge >= 0.3 is 6.18 Å². The summed E-state index contributed by atoms with van der Waals surface area (Å²) in [5, 5.41) is -0.533. The molecule has 0 unspecified atom stereocenters. The molecule has 1 aromatic carbocycles. The Bertz CT molecular complexity index is 602. The third kappa shape index (κ3) is 5.12. The van der Waals surface area contributed by atoms with Gasteiger partial charge in [-0.1, -0.05) is 25.4 Å². The maximum Gasteiger partial charge on any atom is 0.417 e. The lowest BCUT2D eigenvalue weighted by molar-refractivity contribution is -0.137. The van der Waals surface area contributed by atoms with Crippen LogP contribution in [0.5, 0.6) is 0 Å². The highest BCUT2D eigenvalue weighted by molar-refractivity contribution is 7.89. The molecule has 126 valence electrons. The Morgan fingerprint density at radius 1 is 1.23 bits per heavy atom. The van der Waals surface area contributed by atoms with Gasteiger partial charge in [0.1, 0.15) is 0 Å². The van der Waals surface area contributed by atoms with Gasteiger partial charge in [0.05, 0.1) is 15.5 Å². The Morgan fingerprint density at radius 2 is 1.82 bits per heavy atom. The van der Waals surface area contributed by atoms with Crippen LogP contribution in [-0.2, 0) is 16.2 Å². The van der Waals surface area contributed by atoms with Gasteiger partial charge < -0.3 is 4.90 Å². The minimum absolute atomic E-state index is 0.119. The van der Waals surface area contributed by atoms with Crippen LogP contribution < -0.4 is 4.72 Å². The number of alkyl halides is 3. The summed E-state index contributed by atoms with van der Waals surface area (Å²) in [6, 6.07) is 2.53. The molecule has 0 bridgehead atoms. The average Bonchev–Trinajstić information content (AvgIpc) is 2.42. The molecule has 1 N–H and O–H groups in total. The maximum atomic E-state index is 12.8. The van der Waals surface area contributed by atoms with Gasteiger partial charge in [0, 0.05) is 13.1 Å². The van der Waals surface area contributed by atoms with Crippen molar-refractivity contribution in [2.45, 2.75) is 24.9 Å². The van der Waals surface area contributed by atoms with Crippen LogP contribution in [0.2, 0.25) is 5.02 Å². The largest absolute Gasteiger partial charge is 0.417 e. The van der Waals surface area contributed by atoms with Gasteiger partial charge in [0.2, 0.25) is 10.0 Å². The molecule has 0 heterocycles. The predicted octanol–water partition coefficient (Wildman–Crippen LogP) is 2.98. The summed E-state index contributed by atoms with van der Waals surface area (Å²) in [5.74, 6) is 0. The number of rotatable bonds is 7. The summed E-state index contributed by atoms with van der Waals surface area (Å²) in [6.07, 6.45) is -4.70. The lowest BCUT2D eigenvalue weighted by Crippen LogP contribution is -2.34. The number of hydrogen-bond donors (Lipinski definition) is 1. The minimum atomic E-state index is -4.70. The van der Waals surface area contributed by atoms with Gasteiger partial charge in [-0.3, -0.25) is 0 Å². The van der Waals surface area contributed by atoms with Gasteiger partial charge in [-0.2, -0.15) is 13.2 Å². The number of benzene rings is 1. The van der Waals surface area contributed by atoms with Crippen molar-refractivity contribution in [3.63, 3.8) is 0 Å². The zero-order valence-electron chi connectivity index (χ0n) is 12.2. The highest BCUT2D eigenvalue weighted by Crippen LogP contribution is 2.35. The molecule has 0 aliphatic heterocycles. The molecule has 0 atom stereocenters. The van der Waals surface area contributed by atoms with Crippen molar-refractivity contribution in [3.8, 4) is 0 Å². The third-order valence-electron chi connectivity index (χ3n) is 3.17. The summed E-state index contributed by atoms with van der Waals surface area (Å²) < 4.78 is 64.7. The van der Waals surface area contributed by atoms with Crippen LogP contribution in [0, 0.1) is 0 Å². The van der Waals surface area contributed by atoms with Crippen LogP contribution in [0.25, 0.3) is 0 Å². The fourth-order valence-corrected chi connectivity index (χ4v) is 3.12. The molecule has 1 aromatic rings. The number of likely N-dealkylation sites (N-methyl/N-ethyl adjacent to an activating group) is 1. The second-order valence-electron chi connectivity index (χ2n) is 4.56. The Hall–Kier alpha value is -0.830. The second-order valence-corrected chi connectivity index (χ2v) is 6.74. The summed E-state index contributed by atoms with van der Waals surface area (Å²) >= 11 is 5.47. The van der Waals surface area contributed by atoms with Crippen molar-refractivity contribution in [2.75, 3.05) is 26.2 Å². The van der Waals surface area contributed by atoms with Crippen molar-refractivity contribution in [2.24, 2.45) is 0 Å². The average molecular weight is 359 g/mol. The maximum absolute atomic E-state index is 12.8. The predicted molar refractivity (Wildman–Crippen MR) is 79.4 cm³/mol. The molecule has 0 saturated carbocycles. The Kier molecular flexibility index (Phi) is 6.66. The van der Waals surface area contributed by atoms with Gasteiger partial charge in [0.25, 0.3) is 0 Å². The first-order valence-electron chi connectivity index (χ1n) is 6.70. The monoisotopic (exact) mass is 358 g/mol. The quantitative estimate of drug-likeness (QED) is 0.815. The molecular formula is C13H18ClF3N2O2S. The smallest absolute Gasteiger partial charge is 0.303 e. The molecule has 0 fully saturated rings. The first kappa shape index (κ1) is 19.2. The van der Waals surface area contributed by atoms with Crippen molar-refractivity contribution in [1.82, 2.24) is 9.62 Å². The molecule has 0 radical (unpaired) electrons. The number of halogens is 4. The first-order chi connectivity index (χ1) is 10.1. The number of sulfonamides is 1. The highest BCUT2D eigenvalue weighted by atomic mass is 35.5. The van der Waals surface area contributed by atoms with Gasteiger partial charge in [-0.15, -0.1) is 0 Å². The molecule has 4 nitrogen and oxygen atoms in total. The van der Waals surface area contributed by atoms with Crippen LogP contribution in [0.4, 0.5) is 13.2 Å². The topological polar surface area (TPSA) is 49.4 Å². The Labute approximate surface area is 133 Å². The number of nitrogens with zero attached hydrogens (tertiary/aromatic N) is 1. The normalized spacial score (nSPS) is 12.9. The number of hydrogen-bond acceptors (Lipinski definition) is 3. The van der Waals surface area contributed by atoms with Crippen LogP contribution in [0.3, 0.4) is 0 Å². The van der Waals surface area contributed by atoms with E-state index in [-0.39, 0.29) is 6.54 Å². The van der Waals surface area contributed by atoms with Crippen LogP contribution >= 0.6 is 11.6 Å². The van der Waals surface area contributed by atoms with E-state index in [9.17, 15) is 21.6 Å². The van der Waals surface area contributed by atoms with Gasteiger partial charge in [0.15, 0.2) is 0 Å². The summed E-state index contributed by atoms with van der Waals surface area (Å²) in [6.45, 7) is 5.99. The van der Waals surface area contributed by atoms with Crippen LogP contribution in [-0.4, -0.2) is 39.5 Å². The molecule has 9 heteroatoms.